The van der Waals surface area contributed by atoms with Gasteiger partial charge in [0.05, 0.1) is 10.0 Å². The Morgan fingerprint density at radius 3 is 2.42 bits per heavy atom. The van der Waals surface area contributed by atoms with Crippen LogP contribution in [0.15, 0.2) is 23.3 Å². The molecule has 0 atom stereocenters. The largest absolute Gasteiger partial charge is 0.341 e. The van der Waals surface area contributed by atoms with E-state index in [1.165, 1.54) is 0 Å². The lowest BCUT2D eigenvalue weighted by atomic mass is 10.1. The lowest BCUT2D eigenvalue weighted by Crippen LogP contribution is -2.29. The van der Waals surface area contributed by atoms with Crippen LogP contribution in [-0.2, 0) is 0 Å². The van der Waals surface area contributed by atoms with Crippen LogP contribution in [0, 0.1) is 0 Å². The molecule has 0 aromatic heterocycles. The van der Waals surface area contributed by atoms with Crippen molar-refractivity contribution >= 4 is 34.8 Å². The van der Waals surface area contributed by atoms with E-state index in [0.29, 0.717) is 22.2 Å². The van der Waals surface area contributed by atoms with Crippen molar-refractivity contribution in [3.05, 3.63) is 33.8 Å². The van der Waals surface area contributed by atoms with Crippen LogP contribution in [0.25, 0.3) is 0 Å². The van der Waals surface area contributed by atoms with Gasteiger partial charge >= 0.3 is 0 Å². The molecule has 0 fully saturated rings. The number of halogens is 2. The number of nitrogens with zero attached hydrogens (tertiary/aromatic N) is 3. The van der Waals surface area contributed by atoms with Crippen molar-refractivity contribution in [2.75, 3.05) is 27.2 Å². The molecule has 0 N–H and O–H groups in total. The molecule has 6 heteroatoms. The third-order valence-electron chi connectivity index (χ3n) is 3.80. The zero-order valence-electron chi connectivity index (χ0n) is 15.0. The van der Waals surface area contributed by atoms with E-state index in [9.17, 15) is 4.79 Å². The van der Waals surface area contributed by atoms with Crippen molar-refractivity contribution in [2.45, 2.75) is 39.5 Å². The Bertz CT molecular complexity index is 575. The Hall–Kier alpha value is -1.26. The third kappa shape index (κ3) is 6.70. The number of carbonyl (C=O) groups excluding carboxylic acids is 1. The predicted octanol–water partition coefficient (Wildman–Crippen LogP) is 4.95. The highest BCUT2D eigenvalue weighted by Crippen LogP contribution is 2.23. The molecule has 0 saturated carbocycles. The van der Waals surface area contributed by atoms with Crippen LogP contribution in [0.2, 0.25) is 10.0 Å². The maximum atomic E-state index is 12.4. The molecule has 0 heterocycles. The molecule has 4 nitrogen and oxygen atoms in total. The molecule has 0 bridgehead atoms. The van der Waals surface area contributed by atoms with Crippen LogP contribution in [0.5, 0.6) is 0 Å². The van der Waals surface area contributed by atoms with E-state index in [1.54, 1.807) is 30.1 Å². The van der Waals surface area contributed by atoms with Gasteiger partial charge in [0.15, 0.2) is 0 Å². The Morgan fingerprint density at radius 2 is 1.83 bits per heavy atom. The van der Waals surface area contributed by atoms with Crippen LogP contribution >= 0.6 is 23.2 Å². The standard InChI is InChI=1S/C18H27Cl2N3O/c1-5-7-11-23(4)21-15(6-2)10-12-22(3)18(24)14-8-9-16(19)17(20)13-14/h8-9,13H,5-7,10-12H2,1-4H3/b21-15+. The summed E-state index contributed by atoms with van der Waals surface area (Å²) >= 11 is 11.9. The van der Waals surface area contributed by atoms with Gasteiger partial charge < -0.3 is 9.91 Å². The molecule has 134 valence electrons. The van der Waals surface area contributed by atoms with E-state index in [4.69, 9.17) is 23.2 Å². The van der Waals surface area contributed by atoms with Gasteiger partial charge in [0.1, 0.15) is 0 Å². The van der Waals surface area contributed by atoms with Gasteiger partial charge in [-0.1, -0.05) is 43.5 Å². The normalized spacial score (nSPS) is 11.5. The molecule has 0 aliphatic rings. The van der Waals surface area contributed by atoms with Crippen LogP contribution < -0.4 is 0 Å². The molecule has 0 aliphatic heterocycles. The minimum absolute atomic E-state index is 0.0663. The first-order chi connectivity index (χ1) is 11.4. The summed E-state index contributed by atoms with van der Waals surface area (Å²) in [6.45, 7) is 5.83. The number of rotatable bonds is 9. The van der Waals surface area contributed by atoms with Crippen molar-refractivity contribution in [1.29, 1.82) is 0 Å². The van der Waals surface area contributed by atoms with Crippen molar-refractivity contribution in [2.24, 2.45) is 5.10 Å². The predicted molar refractivity (Wildman–Crippen MR) is 103 cm³/mol. The number of unbranched alkanes of at least 4 members (excludes halogenated alkanes) is 1. The molecule has 1 aromatic rings. The van der Waals surface area contributed by atoms with Crippen LogP contribution in [-0.4, -0.2) is 48.7 Å². The summed E-state index contributed by atoms with van der Waals surface area (Å²) < 4.78 is 0. The van der Waals surface area contributed by atoms with E-state index < -0.39 is 0 Å². The first-order valence-electron chi connectivity index (χ1n) is 8.37. The second-order valence-electron chi connectivity index (χ2n) is 5.86. The average molecular weight is 372 g/mol. The SMILES string of the molecule is CCCCN(C)/N=C(\CC)CCN(C)C(=O)c1ccc(Cl)c(Cl)c1. The van der Waals surface area contributed by atoms with E-state index in [2.05, 4.69) is 18.9 Å². The lowest BCUT2D eigenvalue weighted by molar-refractivity contribution is 0.0798. The van der Waals surface area contributed by atoms with Crippen molar-refractivity contribution in [3.63, 3.8) is 0 Å². The molecule has 0 radical (unpaired) electrons. The monoisotopic (exact) mass is 371 g/mol. The van der Waals surface area contributed by atoms with Crippen LogP contribution in [0.1, 0.15) is 49.9 Å². The summed E-state index contributed by atoms with van der Waals surface area (Å²) in [6.07, 6.45) is 3.93. The highest BCUT2D eigenvalue weighted by atomic mass is 35.5. The number of hydrazone groups is 1. The maximum Gasteiger partial charge on any atom is 0.253 e. The zero-order chi connectivity index (χ0) is 18.1. The fraction of sp³-hybridized carbons (Fsp3) is 0.556. The molecular formula is C18H27Cl2N3O. The first-order valence-corrected chi connectivity index (χ1v) is 9.12. The van der Waals surface area contributed by atoms with E-state index in [-0.39, 0.29) is 5.91 Å². The highest BCUT2D eigenvalue weighted by molar-refractivity contribution is 6.42. The van der Waals surface area contributed by atoms with Gasteiger partial charge in [0, 0.05) is 44.9 Å². The highest BCUT2D eigenvalue weighted by Gasteiger charge is 2.13. The number of benzene rings is 1. The Morgan fingerprint density at radius 1 is 1.12 bits per heavy atom. The van der Waals surface area contributed by atoms with Crippen molar-refractivity contribution in [1.82, 2.24) is 9.91 Å². The molecule has 24 heavy (non-hydrogen) atoms. The topological polar surface area (TPSA) is 35.9 Å². The van der Waals surface area contributed by atoms with Crippen LogP contribution in [0.4, 0.5) is 0 Å². The molecule has 1 rings (SSSR count). The minimum Gasteiger partial charge on any atom is -0.341 e. The number of hydrogen-bond acceptors (Lipinski definition) is 3. The summed E-state index contributed by atoms with van der Waals surface area (Å²) in [6, 6.07) is 4.95. The zero-order valence-corrected chi connectivity index (χ0v) is 16.5. The molecule has 0 unspecified atom stereocenters. The first kappa shape index (κ1) is 20.8. The molecule has 1 amide bonds. The van der Waals surface area contributed by atoms with Gasteiger partial charge in [0.2, 0.25) is 0 Å². The lowest BCUT2D eigenvalue weighted by Gasteiger charge is -2.19. The number of carbonyl (C=O) groups is 1. The summed E-state index contributed by atoms with van der Waals surface area (Å²) in [5.41, 5.74) is 1.64. The molecular weight excluding hydrogens is 345 g/mol. The van der Waals surface area contributed by atoms with Crippen LogP contribution in [0.3, 0.4) is 0 Å². The van der Waals surface area contributed by atoms with E-state index in [1.807, 2.05) is 12.1 Å². The third-order valence-corrected chi connectivity index (χ3v) is 4.54. The smallest absolute Gasteiger partial charge is 0.253 e. The maximum absolute atomic E-state index is 12.4. The second-order valence-corrected chi connectivity index (χ2v) is 6.67. The summed E-state index contributed by atoms with van der Waals surface area (Å²) in [5, 5.41) is 7.47. The molecule has 0 aliphatic carbocycles. The molecule has 1 aromatic carbocycles. The minimum atomic E-state index is -0.0663. The Balaban J connectivity index is 2.62. The van der Waals surface area contributed by atoms with Gasteiger partial charge in [0.25, 0.3) is 5.91 Å². The average Bonchev–Trinajstić information content (AvgIpc) is 2.58. The van der Waals surface area contributed by atoms with Crippen molar-refractivity contribution in [3.8, 4) is 0 Å². The van der Waals surface area contributed by atoms with E-state index in [0.717, 1.165) is 37.9 Å². The van der Waals surface area contributed by atoms with Gasteiger partial charge in [-0.05, 0) is 31.0 Å². The number of hydrogen-bond donors (Lipinski definition) is 0. The quantitative estimate of drug-likeness (QED) is 0.454. The van der Waals surface area contributed by atoms with Gasteiger partial charge in [-0.2, -0.15) is 5.10 Å². The fourth-order valence-corrected chi connectivity index (χ4v) is 2.52. The van der Waals surface area contributed by atoms with Gasteiger partial charge in [-0.25, -0.2) is 0 Å². The summed E-state index contributed by atoms with van der Waals surface area (Å²) in [5.74, 6) is -0.0663. The fourth-order valence-electron chi connectivity index (χ4n) is 2.22. The van der Waals surface area contributed by atoms with Gasteiger partial charge in [-0.15, -0.1) is 0 Å². The van der Waals surface area contributed by atoms with Gasteiger partial charge in [-0.3, -0.25) is 4.79 Å². The number of amides is 1. The summed E-state index contributed by atoms with van der Waals surface area (Å²) in [4.78, 5) is 14.1. The Kier molecular flexibility index (Phi) is 9.16. The molecule has 0 spiro atoms. The second kappa shape index (κ2) is 10.6. The summed E-state index contributed by atoms with van der Waals surface area (Å²) in [7, 11) is 3.79. The van der Waals surface area contributed by atoms with Crippen molar-refractivity contribution < 1.29 is 4.79 Å². The Labute approximate surface area is 155 Å². The molecule has 0 saturated heterocycles. The van der Waals surface area contributed by atoms with E-state index >= 15 is 0 Å².